The van der Waals surface area contributed by atoms with Gasteiger partial charge in [-0.1, -0.05) is 18.2 Å². The minimum atomic E-state index is -0.164. The van der Waals surface area contributed by atoms with Crippen molar-refractivity contribution in [2.24, 2.45) is 0 Å². The summed E-state index contributed by atoms with van der Waals surface area (Å²) in [7, 11) is 4.08. The molecule has 1 aromatic carbocycles. The highest BCUT2D eigenvalue weighted by molar-refractivity contribution is 7.13. The van der Waals surface area contributed by atoms with Gasteiger partial charge in [-0.05, 0) is 38.2 Å². The minimum absolute atomic E-state index is 0.164. The molecule has 0 aliphatic carbocycles. The first-order valence-corrected chi connectivity index (χ1v) is 11.1. The average Bonchev–Trinajstić information content (AvgIpc) is 3.34. The van der Waals surface area contributed by atoms with Gasteiger partial charge in [0.15, 0.2) is 11.6 Å². The van der Waals surface area contributed by atoms with Crippen LogP contribution in [0.2, 0.25) is 0 Å². The summed E-state index contributed by atoms with van der Waals surface area (Å²) in [5.41, 5.74) is 2.31. The van der Waals surface area contributed by atoms with Gasteiger partial charge in [-0.2, -0.15) is 5.10 Å². The minimum Gasteiger partial charge on any atom is -0.490 e. The molecule has 0 aliphatic rings. The van der Waals surface area contributed by atoms with E-state index in [9.17, 15) is 4.79 Å². The molecular weight excluding hydrogens is 424 g/mol. The molecule has 0 radical (unpaired) electrons. The number of aromatic nitrogens is 5. The van der Waals surface area contributed by atoms with Crippen LogP contribution in [0.15, 0.2) is 65.2 Å². The predicted octanol–water partition coefficient (Wildman–Crippen LogP) is 3.20. The lowest BCUT2D eigenvalue weighted by molar-refractivity contribution is 0.280. The van der Waals surface area contributed by atoms with Crippen LogP contribution >= 0.6 is 11.3 Å². The third-order valence-corrected chi connectivity index (χ3v) is 5.48. The molecule has 0 unspecified atom stereocenters. The zero-order chi connectivity index (χ0) is 22.3. The van der Waals surface area contributed by atoms with Crippen molar-refractivity contribution in [1.29, 1.82) is 0 Å². The van der Waals surface area contributed by atoms with Gasteiger partial charge in [0.05, 0.1) is 25.5 Å². The number of hydrogen-bond acceptors (Lipinski definition) is 8. The lowest BCUT2D eigenvalue weighted by Gasteiger charge is -2.10. The van der Waals surface area contributed by atoms with E-state index in [-0.39, 0.29) is 5.56 Å². The van der Waals surface area contributed by atoms with Gasteiger partial charge in [0, 0.05) is 29.8 Å². The molecule has 0 bridgehead atoms. The van der Waals surface area contributed by atoms with E-state index in [0.29, 0.717) is 30.4 Å². The van der Waals surface area contributed by atoms with Gasteiger partial charge in [0.2, 0.25) is 0 Å². The second kappa shape index (κ2) is 10.3. The van der Waals surface area contributed by atoms with Crippen molar-refractivity contribution in [3.8, 4) is 27.8 Å². The fourth-order valence-electron chi connectivity index (χ4n) is 3.12. The first-order valence-electron chi connectivity index (χ1n) is 10.3. The van der Waals surface area contributed by atoms with Crippen LogP contribution in [-0.2, 0) is 6.54 Å². The first-order chi connectivity index (χ1) is 15.6. The highest BCUT2D eigenvalue weighted by Gasteiger charge is 2.08. The molecule has 4 aromatic rings. The molecule has 0 N–H and O–H groups in total. The number of ether oxygens (including phenoxy) is 1. The molecule has 0 spiro atoms. The lowest BCUT2D eigenvalue weighted by Crippen LogP contribution is -2.22. The molecule has 8 nitrogen and oxygen atoms in total. The summed E-state index contributed by atoms with van der Waals surface area (Å²) in [5, 5.41) is 7.14. The van der Waals surface area contributed by atoms with Crippen molar-refractivity contribution < 1.29 is 4.74 Å². The predicted molar refractivity (Wildman–Crippen MR) is 125 cm³/mol. The van der Waals surface area contributed by atoms with Crippen LogP contribution in [0.5, 0.6) is 5.75 Å². The molecule has 0 saturated heterocycles. The third kappa shape index (κ3) is 5.63. The van der Waals surface area contributed by atoms with Crippen molar-refractivity contribution in [3.63, 3.8) is 0 Å². The summed E-state index contributed by atoms with van der Waals surface area (Å²) >= 11 is 1.49. The molecule has 4 rings (SSSR count). The Balaban J connectivity index is 1.46. The molecule has 0 atom stereocenters. The van der Waals surface area contributed by atoms with Crippen molar-refractivity contribution >= 4 is 11.3 Å². The number of nitrogens with zero attached hydrogens (tertiary/aromatic N) is 6. The van der Waals surface area contributed by atoms with Crippen LogP contribution in [0.4, 0.5) is 0 Å². The standard InChI is InChI=1S/C23H24N6O2S/c1-28(2)10-4-11-31-19-14-25-22(26-15-19)18-6-3-5-17(13-18)16-29-21(30)8-7-20(27-29)23-24-9-12-32-23/h3,5-9,12-15H,4,10-11,16H2,1-2H3. The average molecular weight is 449 g/mol. The summed E-state index contributed by atoms with van der Waals surface area (Å²) in [5.74, 6) is 1.25. The zero-order valence-corrected chi connectivity index (χ0v) is 18.8. The molecule has 0 amide bonds. The van der Waals surface area contributed by atoms with Crippen molar-refractivity contribution in [2.75, 3.05) is 27.2 Å². The first kappa shape index (κ1) is 21.8. The SMILES string of the molecule is CN(C)CCCOc1cnc(-c2cccc(Cn3nc(-c4nccs4)ccc3=O)c2)nc1. The monoisotopic (exact) mass is 448 g/mol. The van der Waals surface area contributed by atoms with Gasteiger partial charge in [-0.15, -0.1) is 11.3 Å². The van der Waals surface area contributed by atoms with Crippen LogP contribution < -0.4 is 10.3 Å². The molecule has 164 valence electrons. The maximum Gasteiger partial charge on any atom is 0.267 e. The highest BCUT2D eigenvalue weighted by Crippen LogP contribution is 2.20. The Kier molecular flexibility index (Phi) is 6.98. The highest BCUT2D eigenvalue weighted by atomic mass is 32.1. The quantitative estimate of drug-likeness (QED) is 0.364. The molecule has 0 aliphatic heterocycles. The van der Waals surface area contributed by atoms with Gasteiger partial charge in [-0.25, -0.2) is 19.6 Å². The maximum atomic E-state index is 12.3. The Labute approximate surface area is 190 Å². The van der Waals surface area contributed by atoms with Crippen LogP contribution in [0.3, 0.4) is 0 Å². The molecule has 9 heteroatoms. The molecule has 3 heterocycles. The molecular formula is C23H24N6O2S. The van der Waals surface area contributed by atoms with E-state index < -0.39 is 0 Å². The van der Waals surface area contributed by atoms with Crippen LogP contribution in [0, 0.1) is 0 Å². The summed E-state index contributed by atoms with van der Waals surface area (Å²) in [6, 6.07) is 11.0. The van der Waals surface area contributed by atoms with E-state index in [2.05, 4.69) is 25.0 Å². The van der Waals surface area contributed by atoms with Gasteiger partial charge >= 0.3 is 0 Å². The normalized spacial score (nSPS) is 11.1. The number of thiazole rings is 1. The second-order valence-corrected chi connectivity index (χ2v) is 8.39. The maximum absolute atomic E-state index is 12.3. The lowest BCUT2D eigenvalue weighted by atomic mass is 10.1. The van der Waals surface area contributed by atoms with Crippen molar-refractivity contribution in [3.05, 3.63) is 76.3 Å². The van der Waals surface area contributed by atoms with E-state index in [1.807, 2.05) is 43.7 Å². The Bertz CT molecular complexity index is 1210. The van der Waals surface area contributed by atoms with E-state index in [4.69, 9.17) is 4.74 Å². The summed E-state index contributed by atoms with van der Waals surface area (Å²) in [6.45, 7) is 1.94. The number of rotatable bonds is 9. The van der Waals surface area contributed by atoms with Crippen LogP contribution in [0.1, 0.15) is 12.0 Å². The molecule has 3 aromatic heterocycles. The second-order valence-electron chi connectivity index (χ2n) is 7.50. The summed E-state index contributed by atoms with van der Waals surface area (Å²) < 4.78 is 7.15. The van der Waals surface area contributed by atoms with Gasteiger partial charge in [-0.3, -0.25) is 4.79 Å². The Morgan fingerprint density at radius 2 is 1.94 bits per heavy atom. The molecule has 0 fully saturated rings. The summed E-state index contributed by atoms with van der Waals surface area (Å²) in [6.07, 6.45) is 6.04. The van der Waals surface area contributed by atoms with Gasteiger partial charge < -0.3 is 9.64 Å². The Morgan fingerprint density at radius 3 is 2.69 bits per heavy atom. The fraction of sp³-hybridized carbons (Fsp3) is 0.261. The molecule has 0 saturated carbocycles. The number of hydrogen-bond donors (Lipinski definition) is 0. The number of benzene rings is 1. The summed E-state index contributed by atoms with van der Waals surface area (Å²) in [4.78, 5) is 27.6. The van der Waals surface area contributed by atoms with Crippen molar-refractivity contribution in [1.82, 2.24) is 29.6 Å². The fourth-order valence-corrected chi connectivity index (χ4v) is 3.72. The van der Waals surface area contributed by atoms with Crippen molar-refractivity contribution in [2.45, 2.75) is 13.0 Å². The van der Waals surface area contributed by atoms with E-state index >= 15 is 0 Å². The topological polar surface area (TPSA) is 86.0 Å². The molecule has 32 heavy (non-hydrogen) atoms. The van der Waals surface area contributed by atoms with Crippen LogP contribution in [-0.4, -0.2) is 56.9 Å². The zero-order valence-electron chi connectivity index (χ0n) is 18.0. The van der Waals surface area contributed by atoms with E-state index in [1.165, 1.54) is 22.1 Å². The van der Waals surface area contributed by atoms with E-state index in [0.717, 1.165) is 29.1 Å². The third-order valence-electron chi connectivity index (χ3n) is 4.68. The Hall–Kier alpha value is -3.43. The van der Waals surface area contributed by atoms with Gasteiger partial charge in [0.1, 0.15) is 10.7 Å². The largest absolute Gasteiger partial charge is 0.490 e. The van der Waals surface area contributed by atoms with Crippen LogP contribution in [0.25, 0.3) is 22.1 Å². The van der Waals surface area contributed by atoms with E-state index in [1.54, 1.807) is 24.7 Å². The van der Waals surface area contributed by atoms with Gasteiger partial charge in [0.25, 0.3) is 5.56 Å². The Morgan fingerprint density at radius 1 is 1.09 bits per heavy atom. The smallest absolute Gasteiger partial charge is 0.267 e.